The highest BCUT2D eigenvalue weighted by molar-refractivity contribution is 6.30. The fourth-order valence-corrected chi connectivity index (χ4v) is 7.73. The van der Waals surface area contributed by atoms with Gasteiger partial charge in [0.05, 0.1) is 0 Å². The van der Waals surface area contributed by atoms with Crippen LogP contribution in [0.4, 0.5) is 0 Å². The molecule has 1 heterocycles. The van der Waals surface area contributed by atoms with Crippen LogP contribution in [0.5, 0.6) is 0 Å². The maximum absolute atomic E-state index is 6.95. The number of benzene rings is 9. The molecule has 0 radical (unpaired) electrons. The van der Waals surface area contributed by atoms with Crippen molar-refractivity contribution < 1.29 is 4.42 Å². The van der Waals surface area contributed by atoms with Gasteiger partial charge in [0, 0.05) is 21.5 Å². The van der Waals surface area contributed by atoms with Gasteiger partial charge in [-0.3, -0.25) is 0 Å². The summed E-state index contributed by atoms with van der Waals surface area (Å²) in [5.41, 5.74) is 9.20. The summed E-state index contributed by atoms with van der Waals surface area (Å²) in [6, 6.07) is 61.5. The summed E-state index contributed by atoms with van der Waals surface area (Å²) in [6.45, 7) is 0. The number of rotatable bonds is 3. The molecule has 0 aliphatic carbocycles. The Hall–Kier alpha value is -6.18. The molecular weight excluding hydrogens is 569 g/mol. The van der Waals surface area contributed by atoms with E-state index >= 15 is 0 Å². The first-order valence-electron chi connectivity index (χ1n) is 16.2. The van der Waals surface area contributed by atoms with Crippen LogP contribution >= 0.6 is 0 Å². The second kappa shape index (κ2) is 10.2. The second-order valence-electron chi connectivity index (χ2n) is 12.4. The summed E-state index contributed by atoms with van der Waals surface area (Å²) < 4.78 is 6.95. The van der Waals surface area contributed by atoms with Crippen molar-refractivity contribution in [2.75, 3.05) is 0 Å². The highest BCUT2D eigenvalue weighted by atomic mass is 16.3. The molecule has 0 atom stereocenters. The molecule has 1 aromatic heterocycles. The Morgan fingerprint density at radius 3 is 1.60 bits per heavy atom. The van der Waals surface area contributed by atoms with Crippen LogP contribution in [0, 0.1) is 0 Å². The van der Waals surface area contributed by atoms with Gasteiger partial charge in [-0.2, -0.15) is 0 Å². The lowest BCUT2D eigenvalue weighted by molar-refractivity contribution is 0.676. The topological polar surface area (TPSA) is 13.1 Å². The van der Waals surface area contributed by atoms with Crippen LogP contribution in [0.1, 0.15) is 0 Å². The van der Waals surface area contributed by atoms with Crippen molar-refractivity contribution in [1.82, 2.24) is 0 Å². The minimum Gasteiger partial charge on any atom is -0.455 e. The first-order valence-corrected chi connectivity index (χ1v) is 16.2. The van der Waals surface area contributed by atoms with Crippen molar-refractivity contribution in [3.63, 3.8) is 0 Å². The van der Waals surface area contributed by atoms with Crippen LogP contribution in [0.3, 0.4) is 0 Å². The standard InChI is InChI=1S/C46H28O/c1-3-13-29(14-4-1)32-24-25-38-40(27-32)43(37-22-12-11-21-36(37)42(38)31-16-5-2-6-17-31)41-28-33-18-8-10-20-35(33)46-44(41)39-26-23-30-15-7-9-19-34(30)45(39)47-46/h1-28H. The molecule has 0 unspecified atom stereocenters. The monoisotopic (exact) mass is 596 g/mol. The van der Waals surface area contributed by atoms with E-state index in [2.05, 4.69) is 170 Å². The minimum absolute atomic E-state index is 0.938. The maximum atomic E-state index is 6.95. The molecule has 0 amide bonds. The molecule has 1 nitrogen and oxygen atoms in total. The molecule has 10 aromatic rings. The fraction of sp³-hybridized carbons (Fsp3) is 0. The van der Waals surface area contributed by atoms with E-state index in [1.807, 2.05) is 0 Å². The van der Waals surface area contributed by atoms with Crippen molar-refractivity contribution in [3.8, 4) is 33.4 Å². The van der Waals surface area contributed by atoms with E-state index in [1.165, 1.54) is 65.7 Å². The number of hydrogen-bond donors (Lipinski definition) is 0. The summed E-state index contributed by atoms with van der Waals surface area (Å²) in [5.74, 6) is 0. The molecular formula is C46H28O. The Morgan fingerprint density at radius 1 is 0.298 bits per heavy atom. The highest BCUT2D eigenvalue weighted by Gasteiger charge is 2.23. The molecule has 0 spiro atoms. The zero-order chi connectivity index (χ0) is 30.9. The SMILES string of the molecule is c1ccc(-c2ccc3c(-c4ccccc4)c4ccccc4c(-c4cc5ccccc5c5oc6c7ccccc7ccc6c45)c3c2)cc1. The maximum Gasteiger partial charge on any atom is 0.143 e. The molecule has 0 fully saturated rings. The Morgan fingerprint density at radius 2 is 0.851 bits per heavy atom. The first-order chi connectivity index (χ1) is 23.3. The summed E-state index contributed by atoms with van der Waals surface area (Å²) in [7, 11) is 0. The highest BCUT2D eigenvalue weighted by Crippen LogP contribution is 2.49. The predicted molar refractivity (Wildman–Crippen MR) is 200 cm³/mol. The van der Waals surface area contributed by atoms with E-state index in [4.69, 9.17) is 4.42 Å². The number of furan rings is 1. The van der Waals surface area contributed by atoms with E-state index < -0.39 is 0 Å². The van der Waals surface area contributed by atoms with Gasteiger partial charge in [-0.25, -0.2) is 0 Å². The Labute approximate surface area is 271 Å². The lowest BCUT2D eigenvalue weighted by Gasteiger charge is -2.19. The lowest BCUT2D eigenvalue weighted by atomic mass is 9.83. The van der Waals surface area contributed by atoms with E-state index in [1.54, 1.807) is 0 Å². The summed E-state index contributed by atoms with van der Waals surface area (Å²) in [6.07, 6.45) is 0. The average Bonchev–Trinajstić information content (AvgIpc) is 3.55. The predicted octanol–water partition coefficient (Wildman–Crippen LogP) is 13.2. The molecule has 9 aromatic carbocycles. The molecule has 0 bridgehead atoms. The van der Waals surface area contributed by atoms with Gasteiger partial charge in [0.1, 0.15) is 11.2 Å². The third kappa shape index (κ3) is 3.90. The molecule has 0 aliphatic rings. The smallest absolute Gasteiger partial charge is 0.143 e. The van der Waals surface area contributed by atoms with Gasteiger partial charge in [-0.1, -0.05) is 152 Å². The van der Waals surface area contributed by atoms with Crippen molar-refractivity contribution in [1.29, 1.82) is 0 Å². The zero-order valence-corrected chi connectivity index (χ0v) is 25.6. The van der Waals surface area contributed by atoms with Gasteiger partial charge in [0.15, 0.2) is 0 Å². The van der Waals surface area contributed by atoms with Gasteiger partial charge >= 0.3 is 0 Å². The third-order valence-corrected chi connectivity index (χ3v) is 9.82. The van der Waals surface area contributed by atoms with Crippen LogP contribution < -0.4 is 0 Å². The molecule has 47 heavy (non-hydrogen) atoms. The molecule has 0 saturated heterocycles. The summed E-state index contributed by atoms with van der Waals surface area (Å²) in [4.78, 5) is 0. The fourth-order valence-electron chi connectivity index (χ4n) is 7.73. The van der Waals surface area contributed by atoms with Crippen molar-refractivity contribution in [2.45, 2.75) is 0 Å². The Kier molecular flexibility index (Phi) is 5.64. The van der Waals surface area contributed by atoms with Gasteiger partial charge in [0.25, 0.3) is 0 Å². The van der Waals surface area contributed by atoms with Crippen LogP contribution in [0.2, 0.25) is 0 Å². The molecule has 0 aliphatic heterocycles. The van der Waals surface area contributed by atoms with Gasteiger partial charge in [-0.05, 0) is 83.9 Å². The van der Waals surface area contributed by atoms with E-state index in [-0.39, 0.29) is 0 Å². The Balaban J connectivity index is 1.44. The quantitative estimate of drug-likeness (QED) is 0.185. The third-order valence-electron chi connectivity index (χ3n) is 9.82. The van der Waals surface area contributed by atoms with Gasteiger partial charge < -0.3 is 4.42 Å². The average molecular weight is 597 g/mol. The van der Waals surface area contributed by atoms with Gasteiger partial charge in [-0.15, -0.1) is 0 Å². The molecule has 0 N–H and O–H groups in total. The Bertz CT molecular complexity index is 2820. The zero-order valence-electron chi connectivity index (χ0n) is 25.6. The van der Waals surface area contributed by atoms with Crippen LogP contribution in [-0.2, 0) is 0 Å². The molecule has 10 rings (SSSR count). The lowest BCUT2D eigenvalue weighted by Crippen LogP contribution is -1.92. The van der Waals surface area contributed by atoms with E-state index in [0.717, 1.165) is 32.7 Å². The van der Waals surface area contributed by atoms with E-state index in [0.29, 0.717) is 0 Å². The first kappa shape index (κ1) is 26.1. The van der Waals surface area contributed by atoms with Crippen molar-refractivity contribution >= 4 is 65.0 Å². The molecule has 1 heteroatoms. The number of hydrogen-bond acceptors (Lipinski definition) is 1. The minimum atomic E-state index is 0.938. The van der Waals surface area contributed by atoms with Crippen LogP contribution in [0.25, 0.3) is 98.4 Å². The number of fused-ring (bicyclic) bond motifs is 9. The summed E-state index contributed by atoms with van der Waals surface area (Å²) >= 11 is 0. The van der Waals surface area contributed by atoms with Gasteiger partial charge in [0.2, 0.25) is 0 Å². The molecule has 218 valence electrons. The van der Waals surface area contributed by atoms with Crippen LogP contribution in [-0.4, -0.2) is 0 Å². The van der Waals surface area contributed by atoms with Crippen LogP contribution in [0.15, 0.2) is 174 Å². The van der Waals surface area contributed by atoms with Crippen molar-refractivity contribution in [2.24, 2.45) is 0 Å². The van der Waals surface area contributed by atoms with Crippen molar-refractivity contribution in [3.05, 3.63) is 170 Å². The second-order valence-corrected chi connectivity index (χ2v) is 12.4. The summed E-state index contributed by atoms with van der Waals surface area (Å²) in [5, 5.41) is 11.9. The largest absolute Gasteiger partial charge is 0.455 e. The van der Waals surface area contributed by atoms with E-state index in [9.17, 15) is 0 Å². The normalized spacial score (nSPS) is 11.8. The molecule has 0 saturated carbocycles.